The molecule has 1 amide bonds. The van der Waals surface area contributed by atoms with Crippen LogP contribution in [0, 0.1) is 11.3 Å². The van der Waals surface area contributed by atoms with Gasteiger partial charge in [-0.3, -0.25) is 9.69 Å². The number of hydrogen-bond acceptors (Lipinski definition) is 5. The van der Waals surface area contributed by atoms with Crippen molar-refractivity contribution in [2.45, 2.75) is 25.8 Å². The fraction of sp³-hybridized carbons (Fsp3) is 0.571. The number of piperidine rings is 1. The number of nitrogens with zero attached hydrogens (tertiary/aromatic N) is 2. The lowest BCUT2D eigenvalue weighted by atomic mass is 10.0. The lowest BCUT2D eigenvalue weighted by Gasteiger charge is -2.33. The number of thiophene rings is 1. The zero-order valence-electron chi connectivity index (χ0n) is 11.7. The zero-order chi connectivity index (χ0) is 14.4. The van der Waals surface area contributed by atoms with Gasteiger partial charge in [0.15, 0.2) is 0 Å². The molecule has 1 aromatic heterocycles. The van der Waals surface area contributed by atoms with E-state index in [-0.39, 0.29) is 5.91 Å². The van der Waals surface area contributed by atoms with Gasteiger partial charge in [-0.1, -0.05) is 6.92 Å². The number of rotatable bonds is 5. The van der Waals surface area contributed by atoms with Crippen molar-refractivity contribution < 1.29 is 4.79 Å². The van der Waals surface area contributed by atoms with Gasteiger partial charge in [0.1, 0.15) is 11.1 Å². The summed E-state index contributed by atoms with van der Waals surface area (Å²) in [5.41, 5.74) is 0.535. The first-order chi connectivity index (χ1) is 9.74. The highest BCUT2D eigenvalue weighted by Crippen LogP contribution is 2.22. The van der Waals surface area contributed by atoms with E-state index >= 15 is 0 Å². The maximum Gasteiger partial charge on any atom is 0.239 e. The minimum Gasteiger partial charge on any atom is -0.317 e. The van der Waals surface area contributed by atoms with Crippen LogP contribution in [-0.4, -0.2) is 43.0 Å². The van der Waals surface area contributed by atoms with Crippen molar-refractivity contribution in [3.8, 4) is 6.07 Å². The van der Waals surface area contributed by atoms with E-state index in [1.165, 1.54) is 11.3 Å². The maximum absolute atomic E-state index is 12.1. The summed E-state index contributed by atoms with van der Waals surface area (Å²) in [7, 11) is 0. The van der Waals surface area contributed by atoms with Crippen molar-refractivity contribution in [3.63, 3.8) is 0 Å². The van der Waals surface area contributed by atoms with E-state index < -0.39 is 0 Å². The summed E-state index contributed by atoms with van der Waals surface area (Å²) in [6.45, 7) is 5.39. The van der Waals surface area contributed by atoms with Crippen molar-refractivity contribution in [1.29, 1.82) is 5.26 Å². The summed E-state index contributed by atoms with van der Waals surface area (Å²) in [5, 5.41) is 17.6. The third-order valence-corrected chi connectivity index (χ3v) is 4.45. The first kappa shape index (κ1) is 15.0. The molecule has 1 aliphatic rings. The van der Waals surface area contributed by atoms with Crippen LogP contribution in [0.5, 0.6) is 0 Å². The molecular weight excluding hydrogens is 272 g/mol. The van der Waals surface area contributed by atoms with Gasteiger partial charge in [0, 0.05) is 6.04 Å². The van der Waals surface area contributed by atoms with Crippen LogP contribution in [0.1, 0.15) is 25.3 Å². The van der Waals surface area contributed by atoms with Gasteiger partial charge in [0.25, 0.3) is 0 Å². The molecule has 6 heteroatoms. The molecule has 1 fully saturated rings. The van der Waals surface area contributed by atoms with Crippen LogP contribution in [0.15, 0.2) is 11.4 Å². The monoisotopic (exact) mass is 292 g/mol. The number of nitriles is 1. The third-order valence-electron chi connectivity index (χ3n) is 3.62. The predicted molar refractivity (Wildman–Crippen MR) is 80.8 cm³/mol. The van der Waals surface area contributed by atoms with Gasteiger partial charge in [0.2, 0.25) is 5.91 Å². The van der Waals surface area contributed by atoms with E-state index in [2.05, 4.69) is 28.5 Å². The summed E-state index contributed by atoms with van der Waals surface area (Å²) >= 11 is 1.39. The Bertz CT molecular complexity index is 488. The SMILES string of the molecule is CCN(CC(=O)Nc1sccc1C#N)C1CCNCC1. The number of nitrogens with one attached hydrogen (secondary N) is 2. The normalized spacial score (nSPS) is 16.1. The van der Waals surface area contributed by atoms with Crippen LogP contribution in [0.3, 0.4) is 0 Å². The van der Waals surface area contributed by atoms with Crippen LogP contribution >= 0.6 is 11.3 Å². The Labute approximate surface area is 123 Å². The molecular formula is C14H20N4OS. The highest BCUT2D eigenvalue weighted by molar-refractivity contribution is 7.14. The molecule has 1 aliphatic heterocycles. The molecule has 5 nitrogen and oxygen atoms in total. The first-order valence-electron chi connectivity index (χ1n) is 6.96. The molecule has 2 rings (SSSR count). The van der Waals surface area contributed by atoms with Crippen molar-refractivity contribution in [2.24, 2.45) is 0 Å². The summed E-state index contributed by atoms with van der Waals surface area (Å²) in [5.74, 6) is -0.0377. The Balaban J connectivity index is 1.90. The summed E-state index contributed by atoms with van der Waals surface area (Å²) in [6.07, 6.45) is 2.17. The molecule has 108 valence electrons. The molecule has 2 N–H and O–H groups in total. The summed E-state index contributed by atoms with van der Waals surface area (Å²) < 4.78 is 0. The largest absolute Gasteiger partial charge is 0.317 e. The van der Waals surface area contributed by atoms with Crippen molar-refractivity contribution in [3.05, 3.63) is 17.0 Å². The van der Waals surface area contributed by atoms with Gasteiger partial charge in [-0.25, -0.2) is 0 Å². The van der Waals surface area contributed by atoms with Gasteiger partial charge in [-0.05, 0) is 43.9 Å². The van der Waals surface area contributed by atoms with Gasteiger partial charge in [-0.15, -0.1) is 11.3 Å². The molecule has 0 saturated carbocycles. The smallest absolute Gasteiger partial charge is 0.239 e. The lowest BCUT2D eigenvalue weighted by Crippen LogP contribution is -2.46. The van der Waals surface area contributed by atoms with Crippen LogP contribution in [0.2, 0.25) is 0 Å². The van der Waals surface area contributed by atoms with E-state index in [1.54, 1.807) is 6.07 Å². The Morgan fingerprint density at radius 3 is 3.00 bits per heavy atom. The highest BCUT2D eigenvalue weighted by atomic mass is 32.1. The van der Waals surface area contributed by atoms with Gasteiger partial charge in [-0.2, -0.15) is 5.26 Å². The molecule has 20 heavy (non-hydrogen) atoms. The molecule has 1 saturated heterocycles. The second-order valence-electron chi connectivity index (χ2n) is 4.87. The van der Waals surface area contributed by atoms with E-state index in [1.807, 2.05) is 5.38 Å². The molecule has 0 radical (unpaired) electrons. The third kappa shape index (κ3) is 3.79. The Morgan fingerprint density at radius 1 is 1.60 bits per heavy atom. The van der Waals surface area contributed by atoms with Crippen LogP contribution < -0.4 is 10.6 Å². The molecule has 1 aromatic rings. The van der Waals surface area contributed by atoms with E-state index in [4.69, 9.17) is 5.26 Å². The summed E-state index contributed by atoms with van der Waals surface area (Å²) in [6, 6.07) is 4.29. The molecule has 0 atom stereocenters. The van der Waals surface area contributed by atoms with Crippen LogP contribution in [0.25, 0.3) is 0 Å². The molecule has 0 aromatic carbocycles. The second-order valence-corrected chi connectivity index (χ2v) is 5.78. The maximum atomic E-state index is 12.1. The lowest BCUT2D eigenvalue weighted by molar-refractivity contribution is -0.117. The number of carbonyl (C=O) groups is 1. The van der Waals surface area contributed by atoms with Crippen LogP contribution in [-0.2, 0) is 4.79 Å². The van der Waals surface area contributed by atoms with Crippen molar-refractivity contribution >= 4 is 22.2 Å². The average molecular weight is 292 g/mol. The topological polar surface area (TPSA) is 68.2 Å². The predicted octanol–water partition coefficient (Wildman–Crippen LogP) is 1.63. The van der Waals surface area contributed by atoms with Gasteiger partial charge in [0.05, 0.1) is 12.1 Å². The molecule has 0 unspecified atom stereocenters. The van der Waals surface area contributed by atoms with Crippen molar-refractivity contribution in [2.75, 3.05) is 31.5 Å². The zero-order valence-corrected chi connectivity index (χ0v) is 12.5. The minimum atomic E-state index is -0.0377. The van der Waals surface area contributed by atoms with E-state index in [9.17, 15) is 4.79 Å². The number of likely N-dealkylation sites (N-methyl/N-ethyl adjacent to an activating group) is 1. The average Bonchev–Trinajstić information content (AvgIpc) is 2.92. The molecule has 0 bridgehead atoms. The Kier molecular flexibility index (Phi) is 5.53. The van der Waals surface area contributed by atoms with Gasteiger partial charge < -0.3 is 10.6 Å². The fourth-order valence-electron chi connectivity index (χ4n) is 2.52. The quantitative estimate of drug-likeness (QED) is 0.865. The highest BCUT2D eigenvalue weighted by Gasteiger charge is 2.22. The number of hydrogen-bond donors (Lipinski definition) is 2. The van der Waals surface area contributed by atoms with Crippen molar-refractivity contribution in [1.82, 2.24) is 10.2 Å². The number of anilines is 1. The van der Waals surface area contributed by atoms with E-state index in [0.717, 1.165) is 32.5 Å². The molecule has 2 heterocycles. The molecule has 0 aliphatic carbocycles. The van der Waals surface area contributed by atoms with Crippen LogP contribution in [0.4, 0.5) is 5.00 Å². The number of amides is 1. The number of carbonyl (C=O) groups excluding carboxylic acids is 1. The Morgan fingerprint density at radius 2 is 2.35 bits per heavy atom. The second kappa shape index (κ2) is 7.39. The minimum absolute atomic E-state index is 0.0377. The van der Waals surface area contributed by atoms with Gasteiger partial charge >= 0.3 is 0 Å². The first-order valence-corrected chi connectivity index (χ1v) is 7.84. The van der Waals surface area contributed by atoms with E-state index in [0.29, 0.717) is 23.2 Å². The summed E-state index contributed by atoms with van der Waals surface area (Å²) in [4.78, 5) is 14.3. The Hall–Kier alpha value is -1.42. The standard InChI is InChI=1S/C14H20N4OS/c1-2-18(12-3-6-16-7-4-12)10-13(19)17-14-11(9-15)5-8-20-14/h5,8,12,16H,2-4,6-7,10H2,1H3,(H,17,19). The fourth-order valence-corrected chi connectivity index (χ4v) is 3.27. The molecule has 0 spiro atoms.